The maximum Gasteiger partial charge on any atom is 0.319 e. The first-order valence-electron chi connectivity index (χ1n) is 7.70. The van der Waals surface area contributed by atoms with E-state index in [-0.39, 0.29) is 6.03 Å². The molecule has 2 rings (SSSR count). The lowest BCUT2D eigenvalue weighted by atomic mass is 9.97. The summed E-state index contributed by atoms with van der Waals surface area (Å²) in [6.45, 7) is 6.50. The summed E-state index contributed by atoms with van der Waals surface area (Å²) in [5.74, 6) is 0.603. The predicted octanol–water partition coefficient (Wildman–Crippen LogP) is 3.69. The fraction of sp³-hybridized carbons (Fsp3) is 0.562. The monoisotopic (exact) mass is 353 g/mol. The van der Waals surface area contributed by atoms with Gasteiger partial charge in [-0.2, -0.15) is 0 Å². The Bertz CT molecular complexity index is 459. The van der Waals surface area contributed by atoms with Gasteiger partial charge in [0.1, 0.15) is 0 Å². The first-order chi connectivity index (χ1) is 10.2. The first kappa shape index (κ1) is 16.3. The van der Waals surface area contributed by atoms with Crippen LogP contribution in [0.2, 0.25) is 0 Å². The summed E-state index contributed by atoms with van der Waals surface area (Å²) >= 11 is 3.40. The predicted molar refractivity (Wildman–Crippen MR) is 90.6 cm³/mol. The lowest BCUT2D eigenvalue weighted by molar-refractivity contribution is 0.182. The number of piperidine rings is 1. The second kappa shape index (κ2) is 8.39. The van der Waals surface area contributed by atoms with Gasteiger partial charge in [0, 0.05) is 16.7 Å². The summed E-state index contributed by atoms with van der Waals surface area (Å²) in [7, 11) is 0. The van der Waals surface area contributed by atoms with Crippen molar-refractivity contribution >= 4 is 27.6 Å². The number of rotatable bonds is 5. The van der Waals surface area contributed by atoms with E-state index in [0.29, 0.717) is 5.92 Å². The third kappa shape index (κ3) is 5.67. The third-order valence-electron chi connectivity index (χ3n) is 3.88. The minimum atomic E-state index is -0.121. The van der Waals surface area contributed by atoms with E-state index in [1.807, 2.05) is 24.3 Å². The van der Waals surface area contributed by atoms with Crippen molar-refractivity contribution in [2.45, 2.75) is 26.2 Å². The van der Waals surface area contributed by atoms with Crippen LogP contribution in [0.3, 0.4) is 0 Å². The fourth-order valence-electron chi connectivity index (χ4n) is 2.71. The van der Waals surface area contributed by atoms with Gasteiger partial charge in [-0.25, -0.2) is 4.79 Å². The molecule has 116 valence electrons. The third-order valence-corrected chi connectivity index (χ3v) is 4.37. The topological polar surface area (TPSA) is 44.4 Å². The number of likely N-dealkylation sites (tertiary alicyclic amines) is 1. The number of hydrogen-bond acceptors (Lipinski definition) is 2. The normalized spacial score (nSPS) is 16.7. The van der Waals surface area contributed by atoms with Crippen LogP contribution in [0.4, 0.5) is 10.5 Å². The second-order valence-corrected chi connectivity index (χ2v) is 6.55. The molecule has 1 aromatic rings. The van der Waals surface area contributed by atoms with Crippen molar-refractivity contribution in [1.82, 2.24) is 10.2 Å². The van der Waals surface area contributed by atoms with Gasteiger partial charge in [-0.15, -0.1) is 0 Å². The number of hydrogen-bond donors (Lipinski definition) is 2. The standard InChI is InChI=1S/C16H24BrN3O/c1-2-8-20-9-6-13(7-10-20)12-18-16(21)19-15-5-3-4-14(17)11-15/h3-5,11,13H,2,6-10,12H2,1H3,(H2,18,19,21). The lowest BCUT2D eigenvalue weighted by Crippen LogP contribution is -2.40. The largest absolute Gasteiger partial charge is 0.338 e. The Morgan fingerprint density at radius 1 is 1.38 bits per heavy atom. The summed E-state index contributed by atoms with van der Waals surface area (Å²) < 4.78 is 0.962. The van der Waals surface area contributed by atoms with Gasteiger partial charge in [-0.05, 0) is 63.0 Å². The van der Waals surface area contributed by atoms with Crippen LogP contribution < -0.4 is 10.6 Å². The molecule has 0 saturated carbocycles. The van der Waals surface area contributed by atoms with Crippen molar-refractivity contribution in [3.05, 3.63) is 28.7 Å². The smallest absolute Gasteiger partial charge is 0.319 e. The summed E-state index contributed by atoms with van der Waals surface area (Å²) in [5, 5.41) is 5.84. The zero-order valence-corrected chi connectivity index (χ0v) is 14.2. The molecule has 2 N–H and O–H groups in total. The van der Waals surface area contributed by atoms with Crippen molar-refractivity contribution < 1.29 is 4.79 Å². The number of nitrogens with one attached hydrogen (secondary N) is 2. The molecule has 1 heterocycles. The molecule has 5 heteroatoms. The van der Waals surface area contributed by atoms with E-state index in [2.05, 4.69) is 38.4 Å². The molecule has 0 aromatic heterocycles. The number of nitrogens with zero attached hydrogens (tertiary/aromatic N) is 1. The summed E-state index contributed by atoms with van der Waals surface area (Å²) in [6.07, 6.45) is 3.58. The minimum absolute atomic E-state index is 0.121. The molecule has 2 amide bonds. The van der Waals surface area contributed by atoms with Gasteiger partial charge >= 0.3 is 6.03 Å². The zero-order chi connectivity index (χ0) is 15.1. The molecule has 0 radical (unpaired) electrons. The number of carbonyl (C=O) groups excluding carboxylic acids is 1. The molecule has 0 bridgehead atoms. The van der Waals surface area contributed by atoms with Crippen LogP contribution in [0.25, 0.3) is 0 Å². The Morgan fingerprint density at radius 3 is 2.81 bits per heavy atom. The van der Waals surface area contributed by atoms with Crippen LogP contribution in [0.15, 0.2) is 28.7 Å². The number of urea groups is 1. The van der Waals surface area contributed by atoms with Crippen LogP contribution in [-0.4, -0.2) is 37.1 Å². The van der Waals surface area contributed by atoms with Crippen LogP contribution in [-0.2, 0) is 0 Å². The SMILES string of the molecule is CCCN1CCC(CNC(=O)Nc2cccc(Br)c2)CC1. The van der Waals surface area contributed by atoms with Crippen molar-refractivity contribution in [3.8, 4) is 0 Å². The van der Waals surface area contributed by atoms with Crippen molar-refractivity contribution in [3.63, 3.8) is 0 Å². The van der Waals surface area contributed by atoms with Crippen LogP contribution >= 0.6 is 15.9 Å². The highest BCUT2D eigenvalue weighted by molar-refractivity contribution is 9.10. The van der Waals surface area contributed by atoms with Gasteiger partial charge in [0.25, 0.3) is 0 Å². The highest BCUT2D eigenvalue weighted by atomic mass is 79.9. The average Bonchev–Trinajstić information content (AvgIpc) is 2.47. The molecule has 21 heavy (non-hydrogen) atoms. The van der Waals surface area contributed by atoms with Crippen molar-refractivity contribution in [2.75, 3.05) is 31.5 Å². The molecule has 1 aromatic carbocycles. The minimum Gasteiger partial charge on any atom is -0.338 e. The molecule has 4 nitrogen and oxygen atoms in total. The van der Waals surface area contributed by atoms with E-state index in [4.69, 9.17) is 0 Å². The molecule has 1 saturated heterocycles. The Balaban J connectivity index is 1.68. The molecule has 0 atom stereocenters. The van der Waals surface area contributed by atoms with Crippen molar-refractivity contribution in [2.24, 2.45) is 5.92 Å². The lowest BCUT2D eigenvalue weighted by Gasteiger charge is -2.31. The van der Waals surface area contributed by atoms with E-state index in [1.54, 1.807) is 0 Å². The second-order valence-electron chi connectivity index (χ2n) is 5.63. The van der Waals surface area contributed by atoms with Crippen molar-refractivity contribution in [1.29, 1.82) is 0 Å². The highest BCUT2D eigenvalue weighted by Gasteiger charge is 2.18. The summed E-state index contributed by atoms with van der Waals surface area (Å²) in [4.78, 5) is 14.4. The van der Waals surface area contributed by atoms with Gasteiger partial charge in [0.15, 0.2) is 0 Å². The van der Waals surface area contributed by atoms with E-state index in [0.717, 1.165) is 29.8 Å². The van der Waals surface area contributed by atoms with Gasteiger partial charge < -0.3 is 15.5 Å². The van der Waals surface area contributed by atoms with Gasteiger partial charge in [0.05, 0.1) is 0 Å². The van der Waals surface area contributed by atoms with Gasteiger partial charge in [-0.3, -0.25) is 0 Å². The molecule has 1 aliphatic heterocycles. The van der Waals surface area contributed by atoms with Gasteiger partial charge in [0.2, 0.25) is 0 Å². The molecule has 1 fully saturated rings. The number of anilines is 1. The van der Waals surface area contributed by atoms with Crippen LogP contribution in [0.1, 0.15) is 26.2 Å². The summed E-state index contributed by atoms with van der Waals surface area (Å²) in [5.41, 5.74) is 0.805. The Morgan fingerprint density at radius 2 is 2.14 bits per heavy atom. The molecule has 1 aliphatic rings. The maximum atomic E-state index is 11.9. The Kier molecular flexibility index (Phi) is 6.51. The van der Waals surface area contributed by atoms with Crippen LogP contribution in [0.5, 0.6) is 0 Å². The molecule has 0 unspecified atom stereocenters. The quantitative estimate of drug-likeness (QED) is 0.847. The Labute approximate surface area is 135 Å². The molecule has 0 aliphatic carbocycles. The highest BCUT2D eigenvalue weighted by Crippen LogP contribution is 2.17. The number of carbonyl (C=O) groups is 1. The van der Waals surface area contributed by atoms with E-state index < -0.39 is 0 Å². The average molecular weight is 354 g/mol. The fourth-order valence-corrected chi connectivity index (χ4v) is 3.11. The Hall–Kier alpha value is -1.07. The number of halogens is 1. The molecular weight excluding hydrogens is 330 g/mol. The maximum absolute atomic E-state index is 11.9. The van der Waals surface area contributed by atoms with E-state index in [1.165, 1.54) is 25.8 Å². The van der Waals surface area contributed by atoms with Gasteiger partial charge in [-0.1, -0.05) is 28.9 Å². The first-order valence-corrected chi connectivity index (χ1v) is 8.49. The number of benzene rings is 1. The number of amides is 2. The molecular formula is C16H24BrN3O. The van der Waals surface area contributed by atoms with E-state index in [9.17, 15) is 4.79 Å². The zero-order valence-electron chi connectivity index (χ0n) is 12.6. The van der Waals surface area contributed by atoms with Crippen LogP contribution in [0, 0.1) is 5.92 Å². The molecule has 0 spiro atoms. The summed E-state index contributed by atoms with van der Waals surface area (Å²) in [6, 6.07) is 7.50. The van der Waals surface area contributed by atoms with E-state index >= 15 is 0 Å².